The number of carbonyl (C=O) groups excluding carboxylic acids is 2. The number of benzene rings is 2. The Hall–Kier alpha value is -3.28. The van der Waals surface area contributed by atoms with Crippen molar-refractivity contribution in [1.29, 1.82) is 0 Å². The summed E-state index contributed by atoms with van der Waals surface area (Å²) in [6, 6.07) is 12.2. The van der Waals surface area contributed by atoms with Gasteiger partial charge in [0, 0.05) is 6.42 Å². The molecule has 7 N–H and O–H groups in total. The fourth-order valence-electron chi connectivity index (χ4n) is 4.00. The van der Waals surface area contributed by atoms with Gasteiger partial charge in [0.1, 0.15) is 11.3 Å². The van der Waals surface area contributed by atoms with Gasteiger partial charge in [-0.2, -0.15) is 0 Å². The Bertz CT molecular complexity index is 1080. The van der Waals surface area contributed by atoms with E-state index in [9.17, 15) is 28.6 Å². The second kappa shape index (κ2) is 9.53. The molecule has 184 valence electrons. The van der Waals surface area contributed by atoms with Gasteiger partial charge in [-0.15, -0.1) is 10.8 Å². The highest BCUT2D eigenvalue weighted by Crippen LogP contribution is 2.65. The van der Waals surface area contributed by atoms with Crippen molar-refractivity contribution < 1.29 is 28.6 Å². The lowest BCUT2D eigenvalue weighted by molar-refractivity contribution is -0.128. The SMILES string of the molecule is CC(C)(C)N1C(=O)CC(c2ccc(C[C@H](NC(=O)O)C(=O)Nc3ccccc3N)cc2)S1(O)O. The summed E-state index contributed by atoms with van der Waals surface area (Å²) in [6.45, 7) is 5.23. The van der Waals surface area contributed by atoms with Crippen LogP contribution in [-0.4, -0.2) is 48.0 Å². The molecule has 2 aromatic carbocycles. The van der Waals surface area contributed by atoms with Gasteiger partial charge in [-0.3, -0.25) is 18.7 Å². The standard InChI is InChI=1S/C23H30N4O6S/c1-23(2,3)27-20(28)13-19(34(27,32)33)15-10-8-14(9-11-15)12-18(26-22(30)31)21(29)25-17-7-5-4-6-16(17)24/h4-11,18-19,26,32-33H,12-13,24H2,1-3H3,(H,25,29)(H,30,31)/t18-,19?/m0/s1. The van der Waals surface area contributed by atoms with E-state index in [0.717, 1.165) is 4.31 Å². The van der Waals surface area contributed by atoms with Crippen LogP contribution in [0.4, 0.5) is 16.2 Å². The van der Waals surface area contributed by atoms with Gasteiger partial charge < -0.3 is 21.5 Å². The molecule has 1 fully saturated rings. The molecule has 3 amide bonds. The molecule has 0 radical (unpaired) electrons. The number of hydrogen-bond acceptors (Lipinski definition) is 6. The van der Waals surface area contributed by atoms with E-state index in [1.165, 1.54) is 0 Å². The summed E-state index contributed by atoms with van der Waals surface area (Å²) in [6.07, 6.45) is -1.32. The number of hydrogen-bond donors (Lipinski definition) is 6. The third-order valence-corrected chi connectivity index (χ3v) is 7.96. The molecule has 0 saturated carbocycles. The van der Waals surface area contributed by atoms with Gasteiger partial charge in [0.25, 0.3) is 0 Å². The summed E-state index contributed by atoms with van der Waals surface area (Å²) in [7, 11) is -3.37. The number of para-hydroxylation sites is 2. The highest BCUT2D eigenvalue weighted by molar-refractivity contribution is 8.23. The van der Waals surface area contributed by atoms with Gasteiger partial charge in [-0.1, -0.05) is 36.4 Å². The van der Waals surface area contributed by atoms with E-state index in [4.69, 9.17) is 5.73 Å². The van der Waals surface area contributed by atoms with Gasteiger partial charge >= 0.3 is 6.09 Å². The predicted octanol–water partition coefficient (Wildman–Crippen LogP) is 3.82. The minimum atomic E-state index is -3.37. The quantitative estimate of drug-likeness (QED) is 0.335. The highest BCUT2D eigenvalue weighted by Gasteiger charge is 2.49. The number of nitrogens with zero attached hydrogens (tertiary/aromatic N) is 1. The topological polar surface area (TPSA) is 165 Å². The van der Waals surface area contributed by atoms with Crippen LogP contribution in [0.3, 0.4) is 0 Å². The van der Waals surface area contributed by atoms with Crippen LogP contribution in [0.1, 0.15) is 43.6 Å². The fraction of sp³-hybridized carbons (Fsp3) is 0.348. The lowest BCUT2D eigenvalue weighted by Gasteiger charge is -2.47. The summed E-state index contributed by atoms with van der Waals surface area (Å²) < 4.78 is 22.8. The first kappa shape index (κ1) is 25.3. The summed E-state index contributed by atoms with van der Waals surface area (Å²) >= 11 is 0. The predicted molar refractivity (Wildman–Crippen MR) is 131 cm³/mol. The Labute approximate surface area is 199 Å². The van der Waals surface area contributed by atoms with Crippen LogP contribution in [0.2, 0.25) is 0 Å². The third-order valence-electron chi connectivity index (χ3n) is 5.47. The Morgan fingerprint density at radius 3 is 2.29 bits per heavy atom. The number of rotatable bonds is 6. The van der Waals surface area contributed by atoms with E-state index in [0.29, 0.717) is 22.5 Å². The van der Waals surface area contributed by atoms with E-state index in [-0.39, 0.29) is 18.7 Å². The maximum atomic E-state index is 12.7. The molecule has 1 unspecified atom stereocenters. The minimum Gasteiger partial charge on any atom is -0.465 e. The van der Waals surface area contributed by atoms with Crippen LogP contribution >= 0.6 is 10.8 Å². The van der Waals surface area contributed by atoms with Crippen LogP contribution in [-0.2, 0) is 16.0 Å². The van der Waals surface area contributed by atoms with Crippen LogP contribution < -0.4 is 16.4 Å². The van der Waals surface area contributed by atoms with E-state index >= 15 is 0 Å². The molecule has 0 aliphatic carbocycles. The molecule has 34 heavy (non-hydrogen) atoms. The molecule has 2 aromatic rings. The van der Waals surface area contributed by atoms with Gasteiger partial charge in [-0.05, 0) is 44.0 Å². The van der Waals surface area contributed by atoms with Crippen molar-refractivity contribution in [2.75, 3.05) is 11.1 Å². The van der Waals surface area contributed by atoms with E-state index in [1.54, 1.807) is 69.3 Å². The molecule has 10 nitrogen and oxygen atoms in total. The molecule has 1 heterocycles. The van der Waals surface area contributed by atoms with Crippen molar-refractivity contribution in [3.05, 3.63) is 59.7 Å². The Kier molecular flexibility index (Phi) is 7.10. The zero-order valence-electron chi connectivity index (χ0n) is 19.2. The van der Waals surface area contributed by atoms with Crippen molar-refractivity contribution in [3.63, 3.8) is 0 Å². The molecule has 11 heteroatoms. The normalized spacial score (nSPS) is 19.4. The lowest BCUT2D eigenvalue weighted by Crippen LogP contribution is -2.44. The van der Waals surface area contributed by atoms with Gasteiger partial charge in [0.2, 0.25) is 11.8 Å². The molecular weight excluding hydrogens is 460 g/mol. The smallest absolute Gasteiger partial charge is 0.405 e. The van der Waals surface area contributed by atoms with Crippen LogP contribution in [0.25, 0.3) is 0 Å². The number of nitrogens with one attached hydrogen (secondary N) is 2. The Balaban J connectivity index is 1.77. The van der Waals surface area contributed by atoms with Gasteiger partial charge in [0.15, 0.2) is 0 Å². The van der Waals surface area contributed by atoms with Crippen molar-refractivity contribution in [3.8, 4) is 0 Å². The second-order valence-electron chi connectivity index (χ2n) is 9.14. The average molecular weight is 491 g/mol. The monoisotopic (exact) mass is 490 g/mol. The first-order valence-corrected chi connectivity index (χ1v) is 12.2. The molecule has 3 rings (SSSR count). The molecule has 0 bridgehead atoms. The van der Waals surface area contributed by atoms with Gasteiger partial charge in [-0.25, -0.2) is 9.10 Å². The number of carboxylic acid groups (broad SMARTS) is 1. The molecule has 0 spiro atoms. The number of carbonyl (C=O) groups is 3. The molecule has 1 aliphatic heterocycles. The van der Waals surface area contributed by atoms with Crippen molar-refractivity contribution in [2.24, 2.45) is 0 Å². The van der Waals surface area contributed by atoms with E-state index in [1.807, 2.05) is 0 Å². The average Bonchev–Trinajstić information content (AvgIpc) is 2.97. The number of nitrogens with two attached hydrogens (primary N) is 1. The molecule has 2 atom stereocenters. The maximum Gasteiger partial charge on any atom is 0.405 e. The van der Waals surface area contributed by atoms with Crippen molar-refractivity contribution in [2.45, 2.75) is 50.4 Å². The Morgan fingerprint density at radius 1 is 1.15 bits per heavy atom. The zero-order chi connectivity index (χ0) is 25.3. The number of nitrogen functional groups attached to an aromatic ring is 1. The number of anilines is 2. The van der Waals surface area contributed by atoms with E-state index < -0.39 is 39.6 Å². The first-order valence-electron chi connectivity index (χ1n) is 10.6. The van der Waals surface area contributed by atoms with E-state index in [2.05, 4.69) is 10.6 Å². The fourth-order valence-corrected chi connectivity index (χ4v) is 6.32. The van der Waals surface area contributed by atoms with Crippen molar-refractivity contribution >= 4 is 40.1 Å². The molecule has 0 aromatic heterocycles. The second-order valence-corrected chi connectivity index (χ2v) is 11.2. The zero-order valence-corrected chi connectivity index (χ0v) is 20.0. The summed E-state index contributed by atoms with van der Waals surface area (Å²) in [5, 5.41) is 13.3. The van der Waals surface area contributed by atoms with Crippen LogP contribution in [0.15, 0.2) is 48.5 Å². The molecule has 1 saturated heterocycles. The summed E-state index contributed by atoms with van der Waals surface area (Å²) in [4.78, 5) is 36.5. The third kappa shape index (κ3) is 5.44. The minimum absolute atomic E-state index is 0.0248. The summed E-state index contributed by atoms with van der Waals surface area (Å²) in [5.74, 6) is -0.898. The highest BCUT2D eigenvalue weighted by atomic mass is 32.3. The summed E-state index contributed by atoms with van der Waals surface area (Å²) in [5.41, 5.74) is 7.06. The van der Waals surface area contributed by atoms with Gasteiger partial charge in [0.05, 0.1) is 23.3 Å². The lowest BCUT2D eigenvalue weighted by atomic mass is 10.0. The first-order chi connectivity index (χ1) is 15.8. The van der Waals surface area contributed by atoms with Crippen LogP contribution in [0, 0.1) is 0 Å². The Morgan fingerprint density at radius 2 is 1.76 bits per heavy atom. The maximum absolute atomic E-state index is 12.7. The van der Waals surface area contributed by atoms with Crippen LogP contribution in [0.5, 0.6) is 0 Å². The molecule has 1 aliphatic rings. The molecular formula is C23H30N4O6S. The largest absolute Gasteiger partial charge is 0.465 e. The number of amides is 3. The van der Waals surface area contributed by atoms with Crippen molar-refractivity contribution in [1.82, 2.24) is 9.62 Å².